The minimum Gasteiger partial charge on any atom is -0.329 e. The van der Waals surface area contributed by atoms with E-state index in [1.165, 1.54) is 39.0 Å². The molecule has 0 aromatic carbocycles. The van der Waals surface area contributed by atoms with Crippen LogP contribution in [0.25, 0.3) is 0 Å². The molecule has 0 aromatic rings. The highest BCUT2D eigenvalue weighted by Crippen LogP contribution is 2.55. The Morgan fingerprint density at radius 2 is 1.39 bits per heavy atom. The summed E-state index contributed by atoms with van der Waals surface area (Å²) in [5.41, 5.74) is 7.10. The fourth-order valence-corrected chi connectivity index (χ4v) is 3.35. The van der Waals surface area contributed by atoms with E-state index in [4.69, 9.17) is 5.73 Å². The molecule has 2 aliphatic rings. The lowest BCUT2D eigenvalue weighted by molar-refractivity contribution is -0.0178. The highest BCUT2D eigenvalue weighted by atomic mass is 15.3. The molecular weight excluding hydrogens is 222 g/mol. The predicted molar refractivity (Wildman–Crippen MR) is 77.7 cm³/mol. The Kier molecular flexibility index (Phi) is 3.54. The maximum atomic E-state index is 6.13. The van der Waals surface area contributed by atoms with Crippen LogP contribution in [-0.2, 0) is 0 Å². The molecule has 0 amide bonds. The average Bonchev–Trinajstić information content (AvgIpc) is 3.07. The van der Waals surface area contributed by atoms with Crippen LogP contribution >= 0.6 is 0 Å². The third kappa shape index (κ3) is 2.33. The molecule has 0 aromatic heterocycles. The van der Waals surface area contributed by atoms with E-state index >= 15 is 0 Å². The van der Waals surface area contributed by atoms with Crippen LogP contribution in [0.1, 0.15) is 47.5 Å². The topological polar surface area (TPSA) is 32.5 Å². The predicted octanol–water partition coefficient (Wildman–Crippen LogP) is 1.92. The number of hydrogen-bond acceptors (Lipinski definition) is 3. The molecule has 2 fully saturated rings. The minimum absolute atomic E-state index is 0.205. The van der Waals surface area contributed by atoms with E-state index < -0.39 is 0 Å². The lowest BCUT2D eigenvalue weighted by atomic mass is 9.81. The number of rotatable bonds is 3. The smallest absolute Gasteiger partial charge is 0.0358 e. The molecule has 1 saturated heterocycles. The van der Waals surface area contributed by atoms with Gasteiger partial charge >= 0.3 is 0 Å². The van der Waals surface area contributed by atoms with Crippen molar-refractivity contribution in [1.29, 1.82) is 0 Å². The Labute approximate surface area is 113 Å². The molecule has 3 heteroatoms. The van der Waals surface area contributed by atoms with Crippen molar-refractivity contribution in [3.63, 3.8) is 0 Å². The van der Waals surface area contributed by atoms with Gasteiger partial charge in [0.1, 0.15) is 0 Å². The van der Waals surface area contributed by atoms with Gasteiger partial charge in [-0.05, 0) is 46.0 Å². The lowest BCUT2D eigenvalue weighted by Gasteiger charge is -2.51. The molecular formula is C15H31N3. The van der Waals surface area contributed by atoms with Crippen LogP contribution in [0.15, 0.2) is 0 Å². The first-order chi connectivity index (χ1) is 8.23. The standard InChI is InChI=1S/C15H31N3/c1-13(2,3)17-8-10-18(11-9-17)15(5,12-16)14(4)6-7-14/h6-12,16H2,1-5H3. The molecule has 1 aliphatic carbocycles. The molecule has 0 spiro atoms. The highest BCUT2D eigenvalue weighted by Gasteiger charge is 2.55. The summed E-state index contributed by atoms with van der Waals surface area (Å²) in [6.45, 7) is 17.2. The monoisotopic (exact) mass is 253 g/mol. The summed E-state index contributed by atoms with van der Waals surface area (Å²) in [6, 6.07) is 0. The van der Waals surface area contributed by atoms with E-state index in [0.29, 0.717) is 11.0 Å². The van der Waals surface area contributed by atoms with Crippen LogP contribution < -0.4 is 5.73 Å². The molecule has 0 radical (unpaired) electrons. The zero-order valence-electron chi connectivity index (χ0n) is 12.9. The second-order valence-electron chi connectivity index (χ2n) is 7.68. The van der Waals surface area contributed by atoms with Crippen molar-refractivity contribution in [2.75, 3.05) is 32.7 Å². The molecule has 106 valence electrons. The normalized spacial score (nSPS) is 29.0. The largest absolute Gasteiger partial charge is 0.329 e. The van der Waals surface area contributed by atoms with E-state index in [-0.39, 0.29) is 5.54 Å². The molecule has 18 heavy (non-hydrogen) atoms. The number of nitrogens with two attached hydrogens (primary N) is 1. The van der Waals surface area contributed by atoms with Crippen molar-refractivity contribution in [2.45, 2.75) is 58.5 Å². The van der Waals surface area contributed by atoms with Crippen LogP contribution in [0.2, 0.25) is 0 Å². The highest BCUT2D eigenvalue weighted by molar-refractivity contribution is 5.10. The molecule has 3 nitrogen and oxygen atoms in total. The number of piperazine rings is 1. The van der Waals surface area contributed by atoms with E-state index in [1.807, 2.05) is 0 Å². The molecule has 1 atom stereocenters. The molecule has 2 rings (SSSR count). The van der Waals surface area contributed by atoms with Crippen molar-refractivity contribution in [3.05, 3.63) is 0 Å². The second-order valence-corrected chi connectivity index (χ2v) is 7.68. The quantitative estimate of drug-likeness (QED) is 0.834. The van der Waals surface area contributed by atoms with Gasteiger partial charge in [-0.1, -0.05) is 6.92 Å². The fourth-order valence-electron chi connectivity index (χ4n) is 3.35. The van der Waals surface area contributed by atoms with Gasteiger partial charge in [0, 0.05) is 43.8 Å². The van der Waals surface area contributed by atoms with Crippen LogP contribution in [-0.4, -0.2) is 53.6 Å². The zero-order chi connectivity index (χ0) is 13.6. The third-order valence-electron chi connectivity index (χ3n) is 5.62. The van der Waals surface area contributed by atoms with Gasteiger partial charge in [-0.15, -0.1) is 0 Å². The molecule has 1 aliphatic heterocycles. The summed E-state index contributed by atoms with van der Waals surface area (Å²) in [5, 5.41) is 0. The zero-order valence-corrected chi connectivity index (χ0v) is 12.9. The van der Waals surface area contributed by atoms with E-state index in [1.54, 1.807) is 0 Å². The van der Waals surface area contributed by atoms with Crippen molar-refractivity contribution in [3.8, 4) is 0 Å². The third-order valence-corrected chi connectivity index (χ3v) is 5.62. The van der Waals surface area contributed by atoms with Gasteiger partial charge in [0.25, 0.3) is 0 Å². The molecule has 1 saturated carbocycles. The Morgan fingerprint density at radius 3 is 1.72 bits per heavy atom. The Bertz CT molecular complexity index is 295. The molecule has 1 unspecified atom stereocenters. The number of hydrogen-bond donors (Lipinski definition) is 1. The van der Waals surface area contributed by atoms with Gasteiger partial charge in [-0.2, -0.15) is 0 Å². The Morgan fingerprint density at radius 1 is 0.944 bits per heavy atom. The van der Waals surface area contributed by atoms with Gasteiger partial charge in [0.15, 0.2) is 0 Å². The average molecular weight is 253 g/mol. The van der Waals surface area contributed by atoms with Gasteiger partial charge in [0.05, 0.1) is 0 Å². The van der Waals surface area contributed by atoms with Crippen molar-refractivity contribution in [1.82, 2.24) is 9.80 Å². The first-order valence-corrected chi connectivity index (χ1v) is 7.43. The molecule has 0 bridgehead atoms. The van der Waals surface area contributed by atoms with Crippen LogP contribution in [0.4, 0.5) is 0 Å². The summed E-state index contributed by atoms with van der Waals surface area (Å²) in [4.78, 5) is 5.25. The summed E-state index contributed by atoms with van der Waals surface area (Å²) < 4.78 is 0. The van der Waals surface area contributed by atoms with Crippen molar-refractivity contribution in [2.24, 2.45) is 11.1 Å². The van der Waals surface area contributed by atoms with Crippen LogP contribution in [0.3, 0.4) is 0 Å². The summed E-state index contributed by atoms with van der Waals surface area (Å²) in [7, 11) is 0. The Balaban J connectivity index is 2.01. The minimum atomic E-state index is 0.205. The van der Waals surface area contributed by atoms with Gasteiger partial charge in [0.2, 0.25) is 0 Å². The van der Waals surface area contributed by atoms with E-state index in [0.717, 1.165) is 6.54 Å². The number of nitrogens with zero attached hydrogens (tertiary/aromatic N) is 2. The van der Waals surface area contributed by atoms with E-state index in [9.17, 15) is 0 Å². The first kappa shape index (κ1) is 14.3. The van der Waals surface area contributed by atoms with E-state index in [2.05, 4.69) is 44.4 Å². The lowest BCUT2D eigenvalue weighted by Crippen LogP contribution is -2.64. The summed E-state index contributed by atoms with van der Waals surface area (Å²) in [6.07, 6.45) is 2.69. The van der Waals surface area contributed by atoms with Crippen LogP contribution in [0, 0.1) is 5.41 Å². The van der Waals surface area contributed by atoms with Gasteiger partial charge < -0.3 is 5.73 Å². The SMILES string of the molecule is CC(C)(C)N1CCN(C(C)(CN)C2(C)CC2)CC1. The maximum absolute atomic E-state index is 6.13. The Hall–Kier alpha value is -0.120. The van der Waals surface area contributed by atoms with Gasteiger partial charge in [-0.3, -0.25) is 9.80 Å². The van der Waals surface area contributed by atoms with Crippen molar-refractivity contribution >= 4 is 0 Å². The second kappa shape index (κ2) is 4.46. The summed E-state index contributed by atoms with van der Waals surface area (Å²) in [5.74, 6) is 0. The fraction of sp³-hybridized carbons (Fsp3) is 1.00. The van der Waals surface area contributed by atoms with Crippen molar-refractivity contribution < 1.29 is 0 Å². The van der Waals surface area contributed by atoms with Gasteiger partial charge in [-0.25, -0.2) is 0 Å². The molecule has 1 heterocycles. The molecule has 2 N–H and O–H groups in total. The van der Waals surface area contributed by atoms with Crippen LogP contribution in [0.5, 0.6) is 0 Å². The maximum Gasteiger partial charge on any atom is 0.0358 e. The first-order valence-electron chi connectivity index (χ1n) is 7.43. The summed E-state index contributed by atoms with van der Waals surface area (Å²) >= 11 is 0.